The molecular weight excluding hydrogens is 184 g/mol. The summed E-state index contributed by atoms with van der Waals surface area (Å²) in [5, 5.41) is 6.24. The number of rotatable bonds is 3. The number of aryl methyl sites for hydroxylation is 1. The molecule has 0 fully saturated rings. The summed E-state index contributed by atoms with van der Waals surface area (Å²) in [7, 11) is 0. The maximum atomic E-state index is 11.6. The van der Waals surface area contributed by atoms with Crippen LogP contribution in [0.15, 0.2) is 6.07 Å². The summed E-state index contributed by atoms with van der Waals surface area (Å²) < 4.78 is 0. The Labute approximate surface area is 80.7 Å². The number of nitrogens with one attached hydrogen (secondary N) is 1. The Morgan fingerprint density at radius 1 is 1.57 bits per heavy atom. The smallest absolute Gasteiger partial charge is 0.245 e. The van der Waals surface area contributed by atoms with Crippen LogP contribution in [0.3, 0.4) is 0 Å². The first-order valence-electron chi connectivity index (χ1n) is 4.01. The molecule has 6 nitrogen and oxygen atoms in total. The summed E-state index contributed by atoms with van der Waals surface area (Å²) in [4.78, 5) is 22.5. The Hall–Kier alpha value is -1.69. The van der Waals surface area contributed by atoms with Crippen LogP contribution >= 0.6 is 0 Å². The standard InChI is InChI=1S/C8H12N4O2/c1-4-3-5(12-11-4)6(13)8(2,10)7(9)14/h3H,10H2,1-2H3,(H2,9,14)(H,11,12)/t8-/m0/s1. The number of H-pyrrole nitrogens is 1. The number of primary amides is 1. The maximum Gasteiger partial charge on any atom is 0.245 e. The molecule has 1 amide bonds. The topological polar surface area (TPSA) is 115 Å². The number of hydrogen-bond donors (Lipinski definition) is 3. The van der Waals surface area contributed by atoms with Gasteiger partial charge in [-0.05, 0) is 19.9 Å². The van der Waals surface area contributed by atoms with Crippen molar-refractivity contribution in [3.8, 4) is 0 Å². The van der Waals surface area contributed by atoms with E-state index in [4.69, 9.17) is 11.5 Å². The number of nitrogens with two attached hydrogens (primary N) is 2. The highest BCUT2D eigenvalue weighted by molar-refractivity contribution is 6.16. The molecule has 0 aliphatic rings. The molecule has 1 heterocycles. The molecule has 1 atom stereocenters. The zero-order chi connectivity index (χ0) is 10.9. The summed E-state index contributed by atoms with van der Waals surface area (Å²) in [5.74, 6) is -1.43. The summed E-state index contributed by atoms with van der Waals surface area (Å²) in [5.41, 5.74) is 9.61. The van der Waals surface area contributed by atoms with Gasteiger partial charge in [0.15, 0.2) is 5.54 Å². The van der Waals surface area contributed by atoms with Crippen molar-refractivity contribution in [2.24, 2.45) is 11.5 Å². The Morgan fingerprint density at radius 3 is 2.50 bits per heavy atom. The van der Waals surface area contributed by atoms with Gasteiger partial charge in [-0.3, -0.25) is 14.7 Å². The molecule has 0 radical (unpaired) electrons. The number of carbonyl (C=O) groups is 2. The highest BCUT2D eigenvalue weighted by Gasteiger charge is 2.36. The second-order valence-electron chi connectivity index (χ2n) is 3.32. The lowest BCUT2D eigenvalue weighted by Crippen LogP contribution is -2.55. The molecule has 0 saturated heterocycles. The van der Waals surface area contributed by atoms with Gasteiger partial charge in [0.05, 0.1) is 5.69 Å². The third-order valence-electron chi connectivity index (χ3n) is 1.93. The van der Waals surface area contributed by atoms with Crippen LogP contribution in [-0.4, -0.2) is 27.4 Å². The van der Waals surface area contributed by atoms with Crippen molar-refractivity contribution >= 4 is 11.7 Å². The first-order valence-corrected chi connectivity index (χ1v) is 4.01. The van der Waals surface area contributed by atoms with Gasteiger partial charge in [0.2, 0.25) is 11.7 Å². The van der Waals surface area contributed by atoms with E-state index in [1.807, 2.05) is 0 Å². The first kappa shape index (κ1) is 10.4. The van der Waals surface area contributed by atoms with Gasteiger partial charge >= 0.3 is 0 Å². The molecule has 5 N–H and O–H groups in total. The number of ketones is 1. The fourth-order valence-electron chi connectivity index (χ4n) is 0.930. The molecule has 0 saturated carbocycles. The summed E-state index contributed by atoms with van der Waals surface area (Å²) in [6, 6.07) is 1.51. The van der Waals surface area contributed by atoms with E-state index in [1.54, 1.807) is 6.92 Å². The Morgan fingerprint density at radius 2 is 2.14 bits per heavy atom. The molecule has 1 rings (SSSR count). The lowest BCUT2D eigenvalue weighted by atomic mass is 9.95. The van der Waals surface area contributed by atoms with Gasteiger partial charge in [-0.15, -0.1) is 0 Å². The van der Waals surface area contributed by atoms with Crippen LogP contribution in [0.4, 0.5) is 0 Å². The van der Waals surface area contributed by atoms with Crippen LogP contribution < -0.4 is 11.5 Å². The molecule has 6 heteroatoms. The van der Waals surface area contributed by atoms with E-state index in [9.17, 15) is 9.59 Å². The van der Waals surface area contributed by atoms with Crippen LogP contribution in [-0.2, 0) is 4.79 Å². The minimum atomic E-state index is -1.70. The van der Waals surface area contributed by atoms with Crippen molar-refractivity contribution in [3.05, 3.63) is 17.5 Å². The van der Waals surface area contributed by atoms with Gasteiger partial charge in [-0.25, -0.2) is 0 Å². The van der Waals surface area contributed by atoms with E-state index >= 15 is 0 Å². The van der Waals surface area contributed by atoms with E-state index in [-0.39, 0.29) is 5.69 Å². The van der Waals surface area contributed by atoms with Crippen molar-refractivity contribution in [1.29, 1.82) is 0 Å². The van der Waals surface area contributed by atoms with E-state index < -0.39 is 17.2 Å². The molecule has 0 aliphatic carbocycles. The average Bonchev–Trinajstić information content (AvgIpc) is 2.50. The Balaban J connectivity index is 3.02. The molecule has 14 heavy (non-hydrogen) atoms. The highest BCUT2D eigenvalue weighted by Crippen LogP contribution is 2.09. The van der Waals surface area contributed by atoms with E-state index in [0.29, 0.717) is 5.69 Å². The Bertz CT molecular complexity index is 380. The third kappa shape index (κ3) is 1.64. The van der Waals surface area contributed by atoms with Crippen LogP contribution in [0.25, 0.3) is 0 Å². The first-order chi connectivity index (χ1) is 6.35. The third-order valence-corrected chi connectivity index (χ3v) is 1.93. The number of Topliss-reactive ketones (excluding diaryl/α,β-unsaturated/α-hetero) is 1. The quantitative estimate of drug-likeness (QED) is 0.429. The monoisotopic (exact) mass is 196 g/mol. The zero-order valence-corrected chi connectivity index (χ0v) is 8.00. The summed E-state index contributed by atoms with van der Waals surface area (Å²) >= 11 is 0. The minimum absolute atomic E-state index is 0.186. The van der Waals surface area contributed by atoms with Crippen molar-refractivity contribution in [2.75, 3.05) is 0 Å². The molecule has 0 bridgehead atoms. The number of amides is 1. The maximum absolute atomic E-state index is 11.6. The number of nitrogens with zero attached hydrogens (tertiary/aromatic N) is 1. The number of hydrogen-bond acceptors (Lipinski definition) is 4. The fraction of sp³-hybridized carbons (Fsp3) is 0.375. The normalized spacial score (nSPS) is 14.8. The zero-order valence-electron chi connectivity index (χ0n) is 8.00. The van der Waals surface area contributed by atoms with Crippen molar-refractivity contribution < 1.29 is 9.59 Å². The number of carbonyl (C=O) groups excluding carboxylic acids is 2. The lowest BCUT2D eigenvalue weighted by Gasteiger charge is -2.17. The van der Waals surface area contributed by atoms with E-state index in [1.165, 1.54) is 13.0 Å². The van der Waals surface area contributed by atoms with Crippen LogP contribution in [0, 0.1) is 6.92 Å². The van der Waals surface area contributed by atoms with Crippen LogP contribution in [0.2, 0.25) is 0 Å². The summed E-state index contributed by atoms with van der Waals surface area (Å²) in [6.07, 6.45) is 0. The predicted molar refractivity (Wildman–Crippen MR) is 49.4 cm³/mol. The van der Waals surface area contributed by atoms with Gasteiger partial charge in [0.1, 0.15) is 5.69 Å². The van der Waals surface area contributed by atoms with E-state index in [2.05, 4.69) is 10.2 Å². The van der Waals surface area contributed by atoms with Crippen molar-refractivity contribution in [3.63, 3.8) is 0 Å². The lowest BCUT2D eigenvalue weighted by molar-refractivity contribution is -0.121. The number of aromatic nitrogens is 2. The molecule has 1 aromatic heterocycles. The van der Waals surface area contributed by atoms with E-state index in [0.717, 1.165) is 0 Å². The molecular formula is C8H12N4O2. The van der Waals surface area contributed by atoms with Gasteiger partial charge in [0, 0.05) is 0 Å². The molecule has 0 aliphatic heterocycles. The average molecular weight is 196 g/mol. The SMILES string of the molecule is Cc1cc(C(=O)[C@](C)(N)C(N)=O)[nH]n1. The molecule has 0 unspecified atom stereocenters. The molecule has 0 aromatic carbocycles. The van der Waals surface area contributed by atoms with Gasteiger partial charge in [-0.1, -0.05) is 0 Å². The minimum Gasteiger partial charge on any atom is -0.368 e. The fourth-order valence-corrected chi connectivity index (χ4v) is 0.930. The largest absolute Gasteiger partial charge is 0.368 e. The predicted octanol–water partition coefficient (Wildman–Crippen LogP) is -0.896. The van der Waals surface area contributed by atoms with Crippen LogP contribution in [0.1, 0.15) is 23.1 Å². The van der Waals surface area contributed by atoms with Crippen molar-refractivity contribution in [2.45, 2.75) is 19.4 Å². The highest BCUT2D eigenvalue weighted by atomic mass is 16.2. The van der Waals surface area contributed by atoms with Crippen LogP contribution in [0.5, 0.6) is 0 Å². The second-order valence-corrected chi connectivity index (χ2v) is 3.32. The van der Waals surface area contributed by atoms with Crippen molar-refractivity contribution in [1.82, 2.24) is 10.2 Å². The summed E-state index contributed by atoms with van der Waals surface area (Å²) in [6.45, 7) is 2.99. The molecule has 1 aromatic rings. The van der Waals surface area contributed by atoms with Gasteiger partial charge < -0.3 is 11.5 Å². The molecule has 76 valence electrons. The molecule has 0 spiro atoms. The Kier molecular flexibility index (Phi) is 2.39. The second kappa shape index (κ2) is 3.22. The van der Waals surface area contributed by atoms with Gasteiger partial charge in [-0.2, -0.15) is 5.10 Å². The van der Waals surface area contributed by atoms with Gasteiger partial charge in [0.25, 0.3) is 0 Å². The number of aromatic amines is 1.